The Hall–Kier alpha value is -2.93. The Kier molecular flexibility index (Phi) is 5.25. The molecule has 0 unspecified atom stereocenters. The molecule has 2 heterocycles. The van der Waals surface area contributed by atoms with Gasteiger partial charge in [-0.25, -0.2) is 4.98 Å². The summed E-state index contributed by atoms with van der Waals surface area (Å²) in [6, 6.07) is 8.97. The number of carbonyl (C=O) groups is 1. The van der Waals surface area contributed by atoms with Crippen molar-refractivity contribution in [1.82, 2.24) is 9.97 Å². The van der Waals surface area contributed by atoms with Gasteiger partial charge in [0.05, 0.1) is 20.8 Å². The van der Waals surface area contributed by atoms with Crippen LogP contribution in [0.25, 0.3) is 0 Å². The first-order chi connectivity index (χ1) is 12.2. The molecule has 3 aromatic rings. The van der Waals surface area contributed by atoms with Crippen molar-refractivity contribution in [2.75, 3.05) is 19.1 Å². The second kappa shape index (κ2) is 7.76. The molecule has 6 nitrogen and oxygen atoms in total. The molecular formula is C18H17N3O3S. The molecule has 0 saturated carbocycles. The Labute approximate surface area is 149 Å². The summed E-state index contributed by atoms with van der Waals surface area (Å²) < 4.78 is 10.6. The maximum absolute atomic E-state index is 12.9. The predicted octanol–water partition coefficient (Wildman–Crippen LogP) is 3.40. The normalized spacial score (nSPS) is 10.3. The van der Waals surface area contributed by atoms with Gasteiger partial charge in [-0.15, -0.1) is 11.3 Å². The molecule has 2 aromatic heterocycles. The second-order valence-corrected chi connectivity index (χ2v) is 6.00. The lowest BCUT2D eigenvalue weighted by Gasteiger charge is -2.20. The number of ether oxygens (including phenoxy) is 2. The number of thiazole rings is 1. The smallest absolute Gasteiger partial charge is 0.260 e. The van der Waals surface area contributed by atoms with Gasteiger partial charge in [0, 0.05) is 29.5 Å². The van der Waals surface area contributed by atoms with Crippen LogP contribution >= 0.6 is 11.3 Å². The highest BCUT2D eigenvalue weighted by Crippen LogP contribution is 2.29. The van der Waals surface area contributed by atoms with E-state index >= 15 is 0 Å². The van der Waals surface area contributed by atoms with E-state index in [1.807, 2.05) is 23.6 Å². The first kappa shape index (κ1) is 16.9. The number of hydrogen-bond acceptors (Lipinski definition) is 6. The molecule has 1 amide bonds. The molecule has 0 aliphatic heterocycles. The van der Waals surface area contributed by atoms with Gasteiger partial charge < -0.3 is 9.47 Å². The number of benzene rings is 1. The van der Waals surface area contributed by atoms with Gasteiger partial charge in [-0.3, -0.25) is 14.7 Å². The lowest BCUT2D eigenvalue weighted by molar-refractivity contribution is 0.0985. The molecule has 0 radical (unpaired) electrons. The average Bonchev–Trinajstić information content (AvgIpc) is 3.20. The van der Waals surface area contributed by atoms with E-state index in [-0.39, 0.29) is 5.91 Å². The molecule has 1 aromatic carbocycles. The molecule has 0 spiro atoms. The Morgan fingerprint density at radius 1 is 1.08 bits per heavy atom. The van der Waals surface area contributed by atoms with Crippen molar-refractivity contribution in [3.05, 3.63) is 65.4 Å². The van der Waals surface area contributed by atoms with Gasteiger partial charge in [0.25, 0.3) is 5.91 Å². The quantitative estimate of drug-likeness (QED) is 0.678. The van der Waals surface area contributed by atoms with Gasteiger partial charge >= 0.3 is 0 Å². The van der Waals surface area contributed by atoms with Crippen LogP contribution in [-0.2, 0) is 6.54 Å². The lowest BCUT2D eigenvalue weighted by atomic mass is 10.1. The lowest BCUT2D eigenvalue weighted by Crippen LogP contribution is -2.30. The first-order valence-corrected chi connectivity index (χ1v) is 8.43. The molecular weight excluding hydrogens is 338 g/mol. The van der Waals surface area contributed by atoms with E-state index in [1.165, 1.54) is 11.3 Å². The number of hydrogen-bond donors (Lipinski definition) is 0. The maximum Gasteiger partial charge on any atom is 0.260 e. The minimum atomic E-state index is -0.132. The maximum atomic E-state index is 12.9. The number of pyridine rings is 1. The highest BCUT2D eigenvalue weighted by molar-refractivity contribution is 7.13. The van der Waals surface area contributed by atoms with E-state index in [4.69, 9.17) is 9.47 Å². The summed E-state index contributed by atoms with van der Waals surface area (Å²) in [6.45, 7) is 0.370. The Bertz CT molecular complexity index is 838. The molecule has 0 fully saturated rings. The van der Waals surface area contributed by atoms with Crippen LogP contribution in [0, 0.1) is 0 Å². The van der Waals surface area contributed by atoms with E-state index in [0.29, 0.717) is 28.7 Å². The topological polar surface area (TPSA) is 64.5 Å². The van der Waals surface area contributed by atoms with Crippen LogP contribution < -0.4 is 14.4 Å². The molecule has 7 heteroatoms. The average molecular weight is 355 g/mol. The van der Waals surface area contributed by atoms with Gasteiger partial charge in [0.1, 0.15) is 0 Å². The molecule has 0 N–H and O–H groups in total. The standard InChI is InChI=1S/C18H17N3O3S/c1-23-15-4-3-13(11-16(15)24-2)12-21(18-20-9-10-25-18)17(22)14-5-7-19-8-6-14/h3-11H,12H2,1-2H3. The zero-order valence-electron chi connectivity index (χ0n) is 13.9. The SMILES string of the molecule is COc1ccc(CN(C(=O)c2ccncc2)c2nccs2)cc1OC. The fourth-order valence-corrected chi connectivity index (χ4v) is 3.03. The summed E-state index contributed by atoms with van der Waals surface area (Å²) >= 11 is 1.41. The van der Waals surface area contributed by atoms with Gasteiger partial charge in [-0.1, -0.05) is 6.07 Å². The van der Waals surface area contributed by atoms with Gasteiger partial charge in [0.2, 0.25) is 0 Å². The fraction of sp³-hybridized carbons (Fsp3) is 0.167. The van der Waals surface area contributed by atoms with Crippen LogP contribution in [0.15, 0.2) is 54.3 Å². The van der Waals surface area contributed by atoms with E-state index in [9.17, 15) is 4.79 Å². The van der Waals surface area contributed by atoms with Crippen LogP contribution in [0.1, 0.15) is 15.9 Å². The largest absolute Gasteiger partial charge is 0.493 e. The van der Waals surface area contributed by atoms with Crippen LogP contribution in [0.2, 0.25) is 0 Å². The van der Waals surface area contributed by atoms with Crippen molar-refractivity contribution in [3.8, 4) is 11.5 Å². The fourth-order valence-electron chi connectivity index (χ4n) is 2.39. The van der Waals surface area contributed by atoms with Crippen LogP contribution in [0.5, 0.6) is 11.5 Å². The molecule has 128 valence electrons. The summed E-state index contributed by atoms with van der Waals surface area (Å²) in [5, 5.41) is 2.48. The summed E-state index contributed by atoms with van der Waals surface area (Å²) in [4.78, 5) is 22.8. The van der Waals surface area contributed by atoms with Crippen LogP contribution in [0.4, 0.5) is 5.13 Å². The number of rotatable bonds is 6. The number of anilines is 1. The summed E-state index contributed by atoms with van der Waals surface area (Å²) in [7, 11) is 3.18. The molecule has 25 heavy (non-hydrogen) atoms. The Balaban J connectivity index is 1.93. The number of methoxy groups -OCH3 is 2. The van der Waals surface area contributed by atoms with Gasteiger partial charge in [0.15, 0.2) is 16.6 Å². The van der Waals surface area contributed by atoms with Crippen molar-refractivity contribution >= 4 is 22.4 Å². The second-order valence-electron chi connectivity index (χ2n) is 5.13. The van der Waals surface area contributed by atoms with Crippen molar-refractivity contribution in [1.29, 1.82) is 0 Å². The molecule has 0 saturated heterocycles. The Morgan fingerprint density at radius 2 is 1.84 bits per heavy atom. The molecule has 0 aliphatic carbocycles. The van der Waals surface area contributed by atoms with E-state index in [2.05, 4.69) is 9.97 Å². The number of nitrogens with zero attached hydrogens (tertiary/aromatic N) is 3. The van der Waals surface area contributed by atoms with Crippen molar-refractivity contribution in [2.45, 2.75) is 6.54 Å². The molecule has 0 bridgehead atoms. The zero-order chi connectivity index (χ0) is 17.6. The van der Waals surface area contributed by atoms with E-state index in [1.54, 1.807) is 49.8 Å². The zero-order valence-corrected chi connectivity index (χ0v) is 14.7. The Morgan fingerprint density at radius 3 is 2.48 bits per heavy atom. The van der Waals surface area contributed by atoms with E-state index < -0.39 is 0 Å². The highest BCUT2D eigenvalue weighted by Gasteiger charge is 2.20. The summed E-state index contributed by atoms with van der Waals surface area (Å²) in [6.07, 6.45) is 4.88. The molecule has 3 rings (SSSR count). The highest BCUT2D eigenvalue weighted by atomic mass is 32.1. The molecule has 0 aliphatic rings. The van der Waals surface area contributed by atoms with Gasteiger partial charge in [-0.05, 0) is 29.8 Å². The number of carbonyl (C=O) groups excluding carboxylic acids is 1. The number of amides is 1. The predicted molar refractivity (Wildman–Crippen MR) is 96.4 cm³/mol. The van der Waals surface area contributed by atoms with Gasteiger partial charge in [-0.2, -0.15) is 0 Å². The third-order valence-electron chi connectivity index (χ3n) is 3.61. The monoisotopic (exact) mass is 355 g/mol. The summed E-state index contributed by atoms with van der Waals surface area (Å²) in [5.41, 5.74) is 1.47. The van der Waals surface area contributed by atoms with Crippen LogP contribution in [-0.4, -0.2) is 30.1 Å². The third-order valence-corrected chi connectivity index (χ3v) is 4.41. The first-order valence-electron chi connectivity index (χ1n) is 7.55. The van der Waals surface area contributed by atoms with E-state index in [0.717, 1.165) is 5.56 Å². The molecule has 0 atom stereocenters. The van der Waals surface area contributed by atoms with Crippen LogP contribution in [0.3, 0.4) is 0 Å². The summed E-state index contributed by atoms with van der Waals surface area (Å²) in [5.74, 6) is 1.13. The van der Waals surface area contributed by atoms with Crippen molar-refractivity contribution in [3.63, 3.8) is 0 Å². The minimum absolute atomic E-state index is 0.132. The van der Waals surface area contributed by atoms with Crippen molar-refractivity contribution in [2.24, 2.45) is 0 Å². The third kappa shape index (κ3) is 3.77. The minimum Gasteiger partial charge on any atom is -0.493 e. The van der Waals surface area contributed by atoms with Crippen molar-refractivity contribution < 1.29 is 14.3 Å². The number of aromatic nitrogens is 2.